The summed E-state index contributed by atoms with van der Waals surface area (Å²) < 4.78 is 0. The first-order valence-corrected chi connectivity index (χ1v) is 12.4. The molecule has 1 N–H and O–H groups in total. The van der Waals surface area contributed by atoms with E-state index in [2.05, 4.69) is 33.3 Å². The normalized spacial score (nSPS) is 17.9. The molecule has 4 rings (SSSR count). The summed E-state index contributed by atoms with van der Waals surface area (Å²) in [5.41, 5.74) is 3.13. The monoisotopic (exact) mass is 456 g/mol. The molecule has 2 heterocycles. The highest BCUT2D eigenvalue weighted by Crippen LogP contribution is 2.36. The minimum Gasteiger partial charge on any atom is -0.315 e. The predicted molar refractivity (Wildman–Crippen MR) is 127 cm³/mol. The Balaban J connectivity index is 1.29. The van der Waals surface area contributed by atoms with Gasteiger partial charge >= 0.3 is 0 Å². The lowest BCUT2D eigenvalue weighted by Crippen LogP contribution is -2.48. The SMILES string of the molecule is N#Cc1c(NC(=O)CN2CCN(Cc3ccc(Cl)cc3)CC2)sc2c1CCCCCC2. The van der Waals surface area contributed by atoms with Crippen molar-refractivity contribution in [3.05, 3.63) is 50.9 Å². The van der Waals surface area contributed by atoms with Crippen molar-refractivity contribution in [3.63, 3.8) is 0 Å². The fourth-order valence-electron chi connectivity index (χ4n) is 4.45. The van der Waals surface area contributed by atoms with E-state index in [-0.39, 0.29) is 5.91 Å². The number of rotatable bonds is 5. The number of carbonyl (C=O) groups excluding carboxylic acids is 1. The number of fused-ring (bicyclic) bond motifs is 1. The fourth-order valence-corrected chi connectivity index (χ4v) is 5.83. The summed E-state index contributed by atoms with van der Waals surface area (Å²) in [4.78, 5) is 18.6. The number of nitrogens with zero attached hydrogens (tertiary/aromatic N) is 3. The molecule has 164 valence electrons. The first-order valence-electron chi connectivity index (χ1n) is 11.2. The van der Waals surface area contributed by atoms with E-state index in [1.165, 1.54) is 35.3 Å². The van der Waals surface area contributed by atoms with Crippen LogP contribution in [0.5, 0.6) is 0 Å². The molecule has 0 radical (unpaired) electrons. The lowest BCUT2D eigenvalue weighted by atomic mass is 9.97. The predicted octanol–water partition coefficient (Wildman–Crippen LogP) is 4.69. The summed E-state index contributed by atoms with van der Waals surface area (Å²) in [5, 5.41) is 14.3. The van der Waals surface area contributed by atoms with Crippen LogP contribution in [0.15, 0.2) is 24.3 Å². The van der Waals surface area contributed by atoms with Gasteiger partial charge in [-0.1, -0.05) is 36.6 Å². The summed E-state index contributed by atoms with van der Waals surface area (Å²) in [6.07, 6.45) is 6.77. The molecule has 7 heteroatoms. The zero-order valence-electron chi connectivity index (χ0n) is 17.8. The van der Waals surface area contributed by atoms with Gasteiger partial charge in [0.15, 0.2) is 0 Å². The van der Waals surface area contributed by atoms with E-state index in [9.17, 15) is 10.1 Å². The summed E-state index contributed by atoms with van der Waals surface area (Å²) in [6, 6.07) is 10.4. The Bertz CT molecular complexity index is 942. The Morgan fingerprint density at radius 3 is 2.42 bits per heavy atom. The summed E-state index contributed by atoms with van der Waals surface area (Å²) in [6.45, 7) is 4.89. The van der Waals surface area contributed by atoms with Gasteiger partial charge in [0.25, 0.3) is 0 Å². The summed E-state index contributed by atoms with van der Waals surface area (Å²) in [7, 11) is 0. The van der Waals surface area contributed by atoms with Crippen LogP contribution in [0.4, 0.5) is 5.00 Å². The molecule has 0 unspecified atom stereocenters. The van der Waals surface area contributed by atoms with Crippen LogP contribution in [-0.4, -0.2) is 48.4 Å². The van der Waals surface area contributed by atoms with Crippen LogP contribution in [0.1, 0.15) is 47.3 Å². The number of nitrogens with one attached hydrogen (secondary N) is 1. The number of thiophene rings is 1. The molecule has 2 aromatic rings. The van der Waals surface area contributed by atoms with Crippen molar-refractivity contribution in [3.8, 4) is 6.07 Å². The summed E-state index contributed by atoms with van der Waals surface area (Å²) in [5.74, 6) is -0.0168. The van der Waals surface area contributed by atoms with E-state index in [1.54, 1.807) is 11.3 Å². The lowest BCUT2D eigenvalue weighted by Gasteiger charge is -2.34. The Labute approximate surface area is 193 Å². The van der Waals surface area contributed by atoms with Crippen LogP contribution in [0.3, 0.4) is 0 Å². The lowest BCUT2D eigenvalue weighted by molar-refractivity contribution is -0.117. The molecule has 1 aliphatic carbocycles. The van der Waals surface area contributed by atoms with Crippen LogP contribution in [0.2, 0.25) is 5.02 Å². The van der Waals surface area contributed by atoms with E-state index in [0.717, 1.165) is 62.0 Å². The number of benzene rings is 1. The van der Waals surface area contributed by atoms with Gasteiger partial charge < -0.3 is 5.32 Å². The van der Waals surface area contributed by atoms with Crippen molar-refractivity contribution < 1.29 is 4.79 Å². The number of aryl methyl sites for hydroxylation is 1. The number of halogens is 1. The van der Waals surface area contributed by atoms with Gasteiger partial charge in [-0.25, -0.2) is 0 Å². The third-order valence-corrected chi connectivity index (χ3v) is 7.65. The van der Waals surface area contributed by atoms with E-state index >= 15 is 0 Å². The topological polar surface area (TPSA) is 59.4 Å². The number of anilines is 1. The molecule has 1 aromatic carbocycles. The van der Waals surface area contributed by atoms with Crippen molar-refractivity contribution in [2.45, 2.75) is 45.1 Å². The van der Waals surface area contributed by atoms with Gasteiger partial charge in [-0.2, -0.15) is 5.26 Å². The van der Waals surface area contributed by atoms with Gasteiger partial charge in [-0.3, -0.25) is 14.6 Å². The zero-order chi connectivity index (χ0) is 21.6. The maximum Gasteiger partial charge on any atom is 0.239 e. The third kappa shape index (κ3) is 5.87. The number of hydrogen-bond acceptors (Lipinski definition) is 5. The molecule has 31 heavy (non-hydrogen) atoms. The average Bonchev–Trinajstić information content (AvgIpc) is 3.06. The Morgan fingerprint density at radius 2 is 1.71 bits per heavy atom. The van der Waals surface area contributed by atoms with E-state index in [0.29, 0.717) is 12.1 Å². The van der Waals surface area contributed by atoms with Gasteiger partial charge in [0.2, 0.25) is 5.91 Å². The molecule has 5 nitrogen and oxygen atoms in total. The zero-order valence-corrected chi connectivity index (χ0v) is 19.4. The first-order chi connectivity index (χ1) is 15.1. The van der Waals surface area contributed by atoms with Crippen LogP contribution >= 0.6 is 22.9 Å². The maximum atomic E-state index is 12.7. The molecule has 0 saturated carbocycles. The molecule has 0 bridgehead atoms. The van der Waals surface area contributed by atoms with Gasteiger partial charge in [-0.15, -0.1) is 11.3 Å². The molecule has 0 atom stereocenters. The Kier molecular flexibility index (Phi) is 7.62. The maximum absolute atomic E-state index is 12.7. The highest BCUT2D eigenvalue weighted by atomic mass is 35.5. The number of hydrogen-bond donors (Lipinski definition) is 1. The van der Waals surface area contributed by atoms with Crippen LogP contribution in [0, 0.1) is 11.3 Å². The Hall–Kier alpha value is -1.91. The number of nitriles is 1. The van der Waals surface area contributed by atoms with E-state index < -0.39 is 0 Å². The number of carbonyl (C=O) groups is 1. The number of amides is 1. The molecule has 1 fully saturated rings. The van der Waals surface area contributed by atoms with Gasteiger partial charge in [0.05, 0.1) is 12.1 Å². The molecular weight excluding hydrogens is 428 g/mol. The standard InChI is InChI=1S/C24H29ClN4OS/c25-19-9-7-18(8-10-19)16-28-11-13-29(14-12-28)17-23(30)27-24-21(15-26)20-5-3-1-2-4-6-22(20)31-24/h7-10H,1-6,11-14,16-17H2,(H,27,30). The second-order valence-electron chi connectivity index (χ2n) is 8.46. The highest BCUT2D eigenvalue weighted by molar-refractivity contribution is 7.16. The molecule has 1 aromatic heterocycles. The van der Waals surface area contributed by atoms with Crippen LogP contribution in [-0.2, 0) is 24.2 Å². The largest absolute Gasteiger partial charge is 0.315 e. The highest BCUT2D eigenvalue weighted by Gasteiger charge is 2.23. The second-order valence-corrected chi connectivity index (χ2v) is 10.0. The fraction of sp³-hybridized carbons (Fsp3) is 0.500. The minimum absolute atomic E-state index is 0.0168. The molecule has 1 saturated heterocycles. The quantitative estimate of drug-likeness (QED) is 0.709. The molecule has 0 spiro atoms. The summed E-state index contributed by atoms with van der Waals surface area (Å²) >= 11 is 7.58. The van der Waals surface area contributed by atoms with Gasteiger partial charge in [0, 0.05) is 42.6 Å². The first kappa shape index (κ1) is 22.3. The van der Waals surface area contributed by atoms with Crippen molar-refractivity contribution in [2.24, 2.45) is 0 Å². The average molecular weight is 457 g/mol. The van der Waals surface area contributed by atoms with Crippen molar-refractivity contribution in [2.75, 3.05) is 38.0 Å². The van der Waals surface area contributed by atoms with Crippen molar-refractivity contribution in [1.82, 2.24) is 9.80 Å². The second kappa shape index (κ2) is 10.6. The Morgan fingerprint density at radius 1 is 1.03 bits per heavy atom. The van der Waals surface area contributed by atoms with Crippen molar-refractivity contribution in [1.29, 1.82) is 5.26 Å². The minimum atomic E-state index is -0.0168. The van der Waals surface area contributed by atoms with Crippen LogP contribution in [0.25, 0.3) is 0 Å². The van der Waals surface area contributed by atoms with E-state index in [4.69, 9.17) is 11.6 Å². The van der Waals surface area contributed by atoms with Crippen LogP contribution < -0.4 is 5.32 Å². The molecule has 1 aliphatic heterocycles. The molecule has 2 aliphatic rings. The smallest absolute Gasteiger partial charge is 0.239 e. The van der Waals surface area contributed by atoms with E-state index in [1.807, 2.05) is 12.1 Å². The van der Waals surface area contributed by atoms with Gasteiger partial charge in [0.1, 0.15) is 11.1 Å². The molecule has 1 amide bonds. The third-order valence-electron chi connectivity index (χ3n) is 6.19. The molecular formula is C24H29ClN4OS. The number of piperazine rings is 1. The van der Waals surface area contributed by atoms with Crippen molar-refractivity contribution >= 4 is 33.8 Å². The van der Waals surface area contributed by atoms with Gasteiger partial charge in [-0.05, 0) is 48.9 Å².